The molecule has 0 bridgehead atoms. The molecule has 2 aliphatic rings. The van der Waals surface area contributed by atoms with E-state index in [1.807, 2.05) is 0 Å². The third-order valence-electron chi connectivity index (χ3n) is 6.51. The van der Waals surface area contributed by atoms with Crippen molar-refractivity contribution in [2.24, 2.45) is 23.7 Å². The van der Waals surface area contributed by atoms with Gasteiger partial charge in [0, 0.05) is 6.07 Å². The zero-order valence-corrected chi connectivity index (χ0v) is 15.5. The summed E-state index contributed by atoms with van der Waals surface area (Å²) in [6.45, 7) is 2.85. The van der Waals surface area contributed by atoms with E-state index in [0.29, 0.717) is 12.5 Å². The predicted octanol–water partition coefficient (Wildman–Crippen LogP) is 6.76. The van der Waals surface area contributed by atoms with Crippen LogP contribution in [0.15, 0.2) is 18.2 Å². The van der Waals surface area contributed by atoms with E-state index >= 15 is 0 Å². The Hall–Kier alpha value is -1.12. The SMILES string of the molecule is CCCC1CCC(C2CCC(COc3ccc(F)cc3F)CC2)CC1. The molecule has 25 heavy (non-hydrogen) atoms. The molecule has 1 aromatic rings. The van der Waals surface area contributed by atoms with Gasteiger partial charge in [-0.3, -0.25) is 0 Å². The van der Waals surface area contributed by atoms with E-state index in [0.717, 1.165) is 23.8 Å². The standard InChI is InChI=1S/C22H32F2O/c1-2-3-16-4-8-18(9-5-16)19-10-6-17(7-11-19)15-25-22-13-12-20(23)14-21(22)24/h12-14,16-19H,2-11,15H2,1H3. The highest BCUT2D eigenvalue weighted by molar-refractivity contribution is 5.24. The molecular weight excluding hydrogens is 318 g/mol. The van der Waals surface area contributed by atoms with Crippen molar-refractivity contribution >= 4 is 0 Å². The summed E-state index contributed by atoms with van der Waals surface area (Å²) >= 11 is 0. The molecule has 0 aromatic heterocycles. The molecule has 0 unspecified atom stereocenters. The van der Waals surface area contributed by atoms with Gasteiger partial charge in [-0.1, -0.05) is 32.6 Å². The average Bonchev–Trinajstić information content (AvgIpc) is 2.62. The molecule has 3 rings (SSSR count). The Labute approximate surface area is 151 Å². The number of hydrogen-bond acceptors (Lipinski definition) is 1. The van der Waals surface area contributed by atoms with Crippen LogP contribution in [0.1, 0.15) is 71.1 Å². The number of rotatable bonds is 6. The number of hydrogen-bond donors (Lipinski definition) is 0. The van der Waals surface area contributed by atoms with Gasteiger partial charge in [0.1, 0.15) is 5.82 Å². The van der Waals surface area contributed by atoms with Crippen LogP contribution in [0.5, 0.6) is 5.75 Å². The lowest BCUT2D eigenvalue weighted by molar-refractivity contribution is 0.120. The van der Waals surface area contributed by atoms with Gasteiger partial charge >= 0.3 is 0 Å². The molecule has 140 valence electrons. The molecular formula is C22H32F2O. The Balaban J connectivity index is 1.39. The van der Waals surface area contributed by atoms with E-state index in [-0.39, 0.29) is 5.75 Å². The Bertz CT molecular complexity index is 529. The molecule has 1 aromatic carbocycles. The van der Waals surface area contributed by atoms with Crippen molar-refractivity contribution in [3.05, 3.63) is 29.8 Å². The maximum absolute atomic E-state index is 13.6. The Kier molecular flexibility index (Phi) is 6.72. The smallest absolute Gasteiger partial charge is 0.167 e. The van der Waals surface area contributed by atoms with Crippen LogP contribution >= 0.6 is 0 Å². The third-order valence-corrected chi connectivity index (χ3v) is 6.51. The van der Waals surface area contributed by atoms with Crippen molar-refractivity contribution in [3.8, 4) is 5.75 Å². The van der Waals surface area contributed by atoms with Crippen molar-refractivity contribution in [2.75, 3.05) is 6.61 Å². The van der Waals surface area contributed by atoms with E-state index in [1.165, 1.54) is 76.3 Å². The van der Waals surface area contributed by atoms with E-state index < -0.39 is 11.6 Å². The first-order chi connectivity index (χ1) is 12.2. The quantitative estimate of drug-likeness (QED) is 0.551. The van der Waals surface area contributed by atoms with Crippen molar-refractivity contribution < 1.29 is 13.5 Å². The largest absolute Gasteiger partial charge is 0.490 e. The molecule has 0 aliphatic heterocycles. The summed E-state index contributed by atoms with van der Waals surface area (Å²) in [5, 5.41) is 0. The molecule has 0 N–H and O–H groups in total. The molecule has 0 heterocycles. The van der Waals surface area contributed by atoms with Crippen LogP contribution in [0, 0.1) is 35.3 Å². The lowest BCUT2D eigenvalue weighted by atomic mass is 9.69. The topological polar surface area (TPSA) is 9.23 Å². The molecule has 0 saturated heterocycles. The lowest BCUT2D eigenvalue weighted by Crippen LogP contribution is -2.27. The van der Waals surface area contributed by atoms with E-state index in [4.69, 9.17) is 4.74 Å². The van der Waals surface area contributed by atoms with Gasteiger partial charge in [-0.2, -0.15) is 0 Å². The van der Waals surface area contributed by atoms with Gasteiger partial charge in [0.15, 0.2) is 11.6 Å². The van der Waals surface area contributed by atoms with Crippen LogP contribution in [0.4, 0.5) is 8.78 Å². The van der Waals surface area contributed by atoms with E-state index in [2.05, 4.69) is 6.92 Å². The molecule has 2 fully saturated rings. The second kappa shape index (κ2) is 9.00. The maximum atomic E-state index is 13.6. The molecule has 0 radical (unpaired) electrons. The minimum absolute atomic E-state index is 0.178. The van der Waals surface area contributed by atoms with Crippen LogP contribution in [0.2, 0.25) is 0 Å². The van der Waals surface area contributed by atoms with Crippen LogP contribution in [-0.4, -0.2) is 6.61 Å². The van der Waals surface area contributed by atoms with Crippen LogP contribution in [0.3, 0.4) is 0 Å². The van der Waals surface area contributed by atoms with Crippen molar-refractivity contribution in [3.63, 3.8) is 0 Å². The summed E-state index contributed by atoms with van der Waals surface area (Å²) in [5.41, 5.74) is 0. The van der Waals surface area contributed by atoms with Crippen molar-refractivity contribution in [1.82, 2.24) is 0 Å². The number of benzene rings is 1. The highest BCUT2D eigenvalue weighted by Gasteiger charge is 2.30. The van der Waals surface area contributed by atoms with Crippen molar-refractivity contribution in [2.45, 2.75) is 71.1 Å². The molecule has 0 spiro atoms. The summed E-state index contributed by atoms with van der Waals surface area (Å²) < 4.78 is 32.2. The van der Waals surface area contributed by atoms with Gasteiger partial charge in [-0.05, 0) is 74.3 Å². The molecule has 2 saturated carbocycles. The highest BCUT2D eigenvalue weighted by atomic mass is 19.1. The first-order valence-corrected chi connectivity index (χ1v) is 10.2. The summed E-state index contributed by atoms with van der Waals surface area (Å²) in [5.74, 6) is 2.34. The normalized spacial score (nSPS) is 30.2. The second-order valence-electron chi connectivity index (χ2n) is 8.24. The van der Waals surface area contributed by atoms with Crippen LogP contribution in [-0.2, 0) is 0 Å². The Morgan fingerprint density at radius 1 is 0.880 bits per heavy atom. The Morgan fingerprint density at radius 3 is 2.04 bits per heavy atom. The monoisotopic (exact) mass is 350 g/mol. The van der Waals surface area contributed by atoms with Gasteiger partial charge in [0.2, 0.25) is 0 Å². The fourth-order valence-corrected chi connectivity index (χ4v) is 4.98. The zero-order chi connectivity index (χ0) is 17.6. The fourth-order valence-electron chi connectivity index (χ4n) is 4.98. The van der Waals surface area contributed by atoms with Gasteiger partial charge in [0.05, 0.1) is 6.61 Å². The van der Waals surface area contributed by atoms with Crippen molar-refractivity contribution in [1.29, 1.82) is 0 Å². The number of halogens is 2. The summed E-state index contributed by atoms with van der Waals surface area (Å²) in [4.78, 5) is 0. The van der Waals surface area contributed by atoms with E-state index in [9.17, 15) is 8.78 Å². The highest BCUT2D eigenvalue weighted by Crippen LogP contribution is 2.42. The average molecular weight is 350 g/mol. The maximum Gasteiger partial charge on any atom is 0.167 e. The van der Waals surface area contributed by atoms with Crippen LogP contribution in [0.25, 0.3) is 0 Å². The van der Waals surface area contributed by atoms with Gasteiger partial charge in [-0.15, -0.1) is 0 Å². The third kappa shape index (κ3) is 5.18. The van der Waals surface area contributed by atoms with Crippen LogP contribution < -0.4 is 4.74 Å². The Morgan fingerprint density at radius 2 is 1.48 bits per heavy atom. The van der Waals surface area contributed by atoms with Gasteiger partial charge < -0.3 is 4.74 Å². The predicted molar refractivity (Wildman–Crippen MR) is 97.7 cm³/mol. The molecule has 1 nitrogen and oxygen atoms in total. The second-order valence-corrected chi connectivity index (χ2v) is 8.24. The zero-order valence-electron chi connectivity index (χ0n) is 15.5. The van der Waals surface area contributed by atoms with E-state index in [1.54, 1.807) is 0 Å². The number of ether oxygens (including phenoxy) is 1. The lowest BCUT2D eigenvalue weighted by Gasteiger charge is -2.37. The first kappa shape index (κ1) is 18.7. The summed E-state index contributed by atoms with van der Waals surface area (Å²) in [7, 11) is 0. The minimum Gasteiger partial charge on any atom is -0.490 e. The first-order valence-electron chi connectivity index (χ1n) is 10.2. The van der Waals surface area contributed by atoms with Gasteiger partial charge in [-0.25, -0.2) is 8.78 Å². The molecule has 0 amide bonds. The molecule has 0 atom stereocenters. The van der Waals surface area contributed by atoms with Gasteiger partial charge in [0.25, 0.3) is 0 Å². The minimum atomic E-state index is -0.600. The fraction of sp³-hybridized carbons (Fsp3) is 0.727. The summed E-state index contributed by atoms with van der Waals surface area (Å²) in [6.07, 6.45) is 13.4. The summed E-state index contributed by atoms with van der Waals surface area (Å²) in [6, 6.07) is 3.54. The molecule has 2 aliphatic carbocycles. The molecule has 3 heteroatoms.